The topological polar surface area (TPSA) is 41.4 Å². The number of amides is 1. The maximum absolute atomic E-state index is 12.8. The third kappa shape index (κ3) is 3.47. The minimum atomic E-state index is 0.267. The second kappa shape index (κ2) is 7.00. The molecule has 0 spiro atoms. The normalized spacial score (nSPS) is 20.7. The van der Waals surface area contributed by atoms with Crippen LogP contribution in [0.5, 0.6) is 0 Å². The summed E-state index contributed by atoms with van der Waals surface area (Å²) < 4.78 is 2.20. The maximum Gasteiger partial charge on any atom is 0.237 e. The fourth-order valence-electron chi connectivity index (χ4n) is 4.12. The molecule has 4 rings (SSSR count). The summed E-state index contributed by atoms with van der Waals surface area (Å²) in [6, 6.07) is 8.92. The highest BCUT2D eigenvalue weighted by Crippen LogP contribution is 2.22. The molecule has 1 aromatic carbocycles. The highest BCUT2D eigenvalue weighted by molar-refractivity contribution is 5.78. The number of nitrogens with zero attached hydrogens (tertiary/aromatic N) is 4. The van der Waals surface area contributed by atoms with Crippen LogP contribution in [0, 0.1) is 6.92 Å². The second-order valence-corrected chi connectivity index (χ2v) is 7.23. The molecule has 1 fully saturated rings. The quantitative estimate of drug-likeness (QED) is 0.858. The molecule has 0 bridgehead atoms. The summed E-state index contributed by atoms with van der Waals surface area (Å²) in [6.45, 7) is 6.13. The van der Waals surface area contributed by atoms with E-state index < -0.39 is 0 Å². The van der Waals surface area contributed by atoms with Gasteiger partial charge in [0.25, 0.3) is 0 Å². The number of imidazole rings is 1. The molecule has 0 aliphatic carbocycles. The SMILES string of the molecule is Cc1nccn1CC1CCCN1CC(=O)N1CCc2ccccc2C1. The Morgan fingerprint density at radius 1 is 1.24 bits per heavy atom. The summed E-state index contributed by atoms with van der Waals surface area (Å²) in [4.78, 5) is 21.5. The molecule has 0 radical (unpaired) electrons. The van der Waals surface area contributed by atoms with Gasteiger partial charge in [-0.3, -0.25) is 9.69 Å². The molecule has 3 heterocycles. The van der Waals surface area contributed by atoms with Crippen molar-refractivity contribution in [3.8, 4) is 0 Å². The predicted octanol–water partition coefficient (Wildman–Crippen LogP) is 2.24. The van der Waals surface area contributed by atoms with E-state index in [1.807, 2.05) is 24.2 Å². The summed E-state index contributed by atoms with van der Waals surface area (Å²) in [5.41, 5.74) is 2.69. The van der Waals surface area contributed by atoms with Gasteiger partial charge in [0, 0.05) is 38.1 Å². The van der Waals surface area contributed by atoms with Crippen molar-refractivity contribution in [1.29, 1.82) is 0 Å². The molecule has 2 aliphatic rings. The molecule has 25 heavy (non-hydrogen) atoms. The smallest absolute Gasteiger partial charge is 0.237 e. The molecule has 5 nitrogen and oxygen atoms in total. The van der Waals surface area contributed by atoms with Crippen LogP contribution in [0.3, 0.4) is 0 Å². The lowest BCUT2D eigenvalue weighted by Gasteiger charge is -2.32. The number of hydrogen-bond acceptors (Lipinski definition) is 3. The monoisotopic (exact) mass is 338 g/mol. The number of carbonyl (C=O) groups excluding carboxylic acids is 1. The van der Waals surface area contributed by atoms with Crippen LogP contribution in [0.4, 0.5) is 0 Å². The van der Waals surface area contributed by atoms with E-state index in [0.29, 0.717) is 12.6 Å². The lowest BCUT2D eigenvalue weighted by Crippen LogP contribution is -2.45. The summed E-state index contributed by atoms with van der Waals surface area (Å²) in [5, 5.41) is 0. The number of rotatable bonds is 4. The van der Waals surface area contributed by atoms with Gasteiger partial charge < -0.3 is 9.47 Å². The Bertz CT molecular complexity index is 754. The molecule has 0 N–H and O–H groups in total. The first-order valence-corrected chi connectivity index (χ1v) is 9.27. The molecule has 1 atom stereocenters. The van der Waals surface area contributed by atoms with E-state index in [1.165, 1.54) is 17.5 Å². The van der Waals surface area contributed by atoms with Gasteiger partial charge in [-0.2, -0.15) is 0 Å². The Morgan fingerprint density at radius 2 is 2.08 bits per heavy atom. The zero-order valence-corrected chi connectivity index (χ0v) is 14.9. The van der Waals surface area contributed by atoms with E-state index in [-0.39, 0.29) is 5.91 Å². The minimum absolute atomic E-state index is 0.267. The molecule has 2 aromatic rings. The van der Waals surface area contributed by atoms with Crippen LogP contribution in [0.2, 0.25) is 0 Å². The molecule has 132 valence electrons. The maximum atomic E-state index is 12.8. The third-order valence-corrected chi connectivity index (χ3v) is 5.65. The summed E-state index contributed by atoms with van der Waals surface area (Å²) >= 11 is 0. The Morgan fingerprint density at radius 3 is 2.88 bits per heavy atom. The first-order chi connectivity index (χ1) is 12.2. The number of aryl methyl sites for hydroxylation is 1. The summed E-state index contributed by atoms with van der Waals surface area (Å²) in [6.07, 6.45) is 7.20. The van der Waals surface area contributed by atoms with Crippen LogP contribution in [0.1, 0.15) is 29.8 Å². The standard InChI is InChI=1S/C20H26N4O/c1-16-21-9-12-22(16)14-19-7-4-10-23(19)15-20(25)24-11-8-17-5-2-3-6-18(17)13-24/h2-3,5-6,9,12,19H,4,7-8,10-11,13-15H2,1H3. The summed E-state index contributed by atoms with van der Waals surface area (Å²) in [5.74, 6) is 1.31. The average Bonchev–Trinajstić information content (AvgIpc) is 3.24. The Hall–Kier alpha value is -2.14. The molecule has 1 unspecified atom stereocenters. The van der Waals surface area contributed by atoms with Crippen molar-refractivity contribution < 1.29 is 4.79 Å². The second-order valence-electron chi connectivity index (χ2n) is 7.23. The van der Waals surface area contributed by atoms with Crippen molar-refractivity contribution in [3.63, 3.8) is 0 Å². The van der Waals surface area contributed by atoms with Gasteiger partial charge in [0.1, 0.15) is 5.82 Å². The molecule has 1 saturated heterocycles. The fraction of sp³-hybridized carbons (Fsp3) is 0.500. The fourth-order valence-corrected chi connectivity index (χ4v) is 4.12. The van der Waals surface area contributed by atoms with Crippen LogP contribution in [0.15, 0.2) is 36.7 Å². The molecule has 5 heteroatoms. The van der Waals surface area contributed by atoms with Crippen LogP contribution in [0.25, 0.3) is 0 Å². The predicted molar refractivity (Wildman–Crippen MR) is 97.1 cm³/mol. The highest BCUT2D eigenvalue weighted by Gasteiger charge is 2.29. The zero-order valence-electron chi connectivity index (χ0n) is 14.9. The number of carbonyl (C=O) groups is 1. The zero-order chi connectivity index (χ0) is 17.2. The van der Waals surface area contributed by atoms with Gasteiger partial charge in [0.2, 0.25) is 5.91 Å². The van der Waals surface area contributed by atoms with Crippen LogP contribution in [-0.2, 0) is 24.3 Å². The van der Waals surface area contributed by atoms with Gasteiger partial charge in [-0.15, -0.1) is 0 Å². The highest BCUT2D eigenvalue weighted by atomic mass is 16.2. The van der Waals surface area contributed by atoms with Gasteiger partial charge in [-0.05, 0) is 43.9 Å². The number of fused-ring (bicyclic) bond motifs is 1. The van der Waals surface area contributed by atoms with Crippen LogP contribution in [-0.4, -0.2) is 50.9 Å². The van der Waals surface area contributed by atoms with E-state index in [9.17, 15) is 4.79 Å². The van der Waals surface area contributed by atoms with Crippen molar-refractivity contribution in [2.45, 2.75) is 45.3 Å². The van der Waals surface area contributed by atoms with Gasteiger partial charge in [0.05, 0.1) is 6.54 Å². The molecule has 2 aliphatic heterocycles. The minimum Gasteiger partial charge on any atom is -0.337 e. The average molecular weight is 338 g/mol. The first-order valence-electron chi connectivity index (χ1n) is 9.27. The molecule has 0 saturated carbocycles. The third-order valence-electron chi connectivity index (χ3n) is 5.65. The number of hydrogen-bond donors (Lipinski definition) is 0. The van der Waals surface area contributed by atoms with E-state index in [2.05, 4.69) is 38.7 Å². The van der Waals surface area contributed by atoms with Gasteiger partial charge in [-0.1, -0.05) is 24.3 Å². The Balaban J connectivity index is 1.38. The van der Waals surface area contributed by atoms with Crippen molar-refractivity contribution in [2.24, 2.45) is 0 Å². The Kier molecular flexibility index (Phi) is 4.57. The summed E-state index contributed by atoms with van der Waals surface area (Å²) in [7, 11) is 0. The van der Waals surface area contributed by atoms with Crippen molar-refractivity contribution in [1.82, 2.24) is 19.4 Å². The van der Waals surface area contributed by atoms with E-state index >= 15 is 0 Å². The van der Waals surface area contributed by atoms with Crippen LogP contribution >= 0.6 is 0 Å². The van der Waals surface area contributed by atoms with E-state index in [4.69, 9.17) is 0 Å². The molecular weight excluding hydrogens is 312 g/mol. The number of benzene rings is 1. The molecular formula is C20H26N4O. The van der Waals surface area contributed by atoms with E-state index in [1.54, 1.807) is 0 Å². The van der Waals surface area contributed by atoms with E-state index in [0.717, 1.165) is 44.8 Å². The molecule has 1 aromatic heterocycles. The number of aromatic nitrogens is 2. The lowest BCUT2D eigenvalue weighted by atomic mass is 10.00. The number of likely N-dealkylation sites (tertiary alicyclic amines) is 1. The van der Waals surface area contributed by atoms with Gasteiger partial charge in [0.15, 0.2) is 0 Å². The molecule has 1 amide bonds. The van der Waals surface area contributed by atoms with Crippen molar-refractivity contribution in [3.05, 3.63) is 53.6 Å². The largest absolute Gasteiger partial charge is 0.337 e. The van der Waals surface area contributed by atoms with Gasteiger partial charge in [-0.25, -0.2) is 4.98 Å². The van der Waals surface area contributed by atoms with Crippen LogP contribution < -0.4 is 0 Å². The van der Waals surface area contributed by atoms with Crippen molar-refractivity contribution in [2.75, 3.05) is 19.6 Å². The van der Waals surface area contributed by atoms with Crippen molar-refractivity contribution >= 4 is 5.91 Å². The Labute approximate surface area is 149 Å². The first kappa shape index (κ1) is 16.3. The lowest BCUT2D eigenvalue weighted by molar-refractivity contribution is -0.133. The van der Waals surface area contributed by atoms with Gasteiger partial charge >= 0.3 is 0 Å².